The first-order valence-corrected chi connectivity index (χ1v) is 15.1. The molecule has 248 valence electrons. The number of ether oxygens (including phenoxy) is 1. The number of carbonyl (C=O) groups excluding carboxylic acids is 1. The van der Waals surface area contributed by atoms with Crippen LogP contribution in [0.5, 0.6) is 0 Å². The van der Waals surface area contributed by atoms with Gasteiger partial charge < -0.3 is 14.5 Å². The summed E-state index contributed by atoms with van der Waals surface area (Å²) in [5, 5.41) is 0. The van der Waals surface area contributed by atoms with Crippen molar-refractivity contribution in [1.29, 1.82) is 0 Å². The molecule has 2 aliphatic heterocycles. The number of likely N-dealkylation sites (tertiary alicyclic amines) is 2. The molecule has 2 aliphatic rings. The Morgan fingerprint density at radius 3 is 1.98 bits per heavy atom. The zero-order valence-electron chi connectivity index (χ0n) is 24.1. The summed E-state index contributed by atoms with van der Waals surface area (Å²) in [5.74, 6) is -3.96. The van der Waals surface area contributed by atoms with Crippen LogP contribution in [0.1, 0.15) is 23.1 Å². The van der Waals surface area contributed by atoms with Crippen molar-refractivity contribution in [3.8, 4) is 0 Å². The van der Waals surface area contributed by atoms with E-state index < -0.39 is 68.7 Å². The number of alkyl halides is 6. The standard InChI is InChI=1S/C31H27F9N2O3S/c1-41-15-19(16-41)27(43)42-14-13-28(18-42,46(44)23-11-9-22(32)10-12-23)20-5-7-21(8-6-20)29(30(35,36)37,31(38,39)40)45-17-24-25(33)3-2-4-26(24)34/h2-12,19H,13-18H2,1H3. The van der Waals surface area contributed by atoms with Crippen molar-refractivity contribution in [2.45, 2.75) is 40.6 Å². The van der Waals surface area contributed by atoms with Gasteiger partial charge >= 0.3 is 12.4 Å². The Morgan fingerprint density at radius 2 is 1.46 bits per heavy atom. The molecule has 0 aliphatic carbocycles. The predicted molar refractivity (Wildman–Crippen MR) is 148 cm³/mol. The highest BCUT2D eigenvalue weighted by molar-refractivity contribution is 7.86. The molecule has 46 heavy (non-hydrogen) atoms. The monoisotopic (exact) mass is 678 g/mol. The zero-order valence-corrected chi connectivity index (χ0v) is 24.9. The van der Waals surface area contributed by atoms with Crippen molar-refractivity contribution in [2.24, 2.45) is 5.92 Å². The molecule has 3 aromatic carbocycles. The van der Waals surface area contributed by atoms with Gasteiger partial charge in [-0.15, -0.1) is 0 Å². The number of rotatable bonds is 8. The lowest BCUT2D eigenvalue weighted by Crippen LogP contribution is -2.56. The van der Waals surface area contributed by atoms with E-state index >= 15 is 0 Å². The third-order valence-corrected chi connectivity index (χ3v) is 10.4. The molecule has 2 heterocycles. The summed E-state index contributed by atoms with van der Waals surface area (Å²) in [6.07, 6.45) is -12.2. The summed E-state index contributed by atoms with van der Waals surface area (Å²) in [6.45, 7) is -0.773. The highest BCUT2D eigenvalue weighted by Gasteiger charge is 2.73. The third-order valence-electron chi connectivity index (χ3n) is 8.45. The van der Waals surface area contributed by atoms with Crippen LogP contribution < -0.4 is 0 Å². The van der Waals surface area contributed by atoms with Crippen LogP contribution in [0, 0.1) is 23.4 Å². The van der Waals surface area contributed by atoms with Crippen molar-refractivity contribution in [2.75, 3.05) is 33.2 Å². The summed E-state index contributed by atoms with van der Waals surface area (Å²) in [4.78, 5) is 16.7. The molecule has 1 amide bonds. The highest BCUT2D eigenvalue weighted by atomic mass is 32.2. The second kappa shape index (κ2) is 12.3. The van der Waals surface area contributed by atoms with Crippen molar-refractivity contribution in [3.05, 3.63) is 101 Å². The van der Waals surface area contributed by atoms with Gasteiger partial charge in [0.15, 0.2) is 0 Å². The average molecular weight is 679 g/mol. The maximum atomic E-state index is 14.4. The molecule has 5 nitrogen and oxygen atoms in total. The molecular formula is C31H27F9N2O3S. The summed E-state index contributed by atoms with van der Waals surface area (Å²) in [6, 6.07) is 9.77. The first kappa shape index (κ1) is 33.9. The summed E-state index contributed by atoms with van der Waals surface area (Å²) < 4.78 is 146. The third kappa shape index (κ3) is 5.92. The molecule has 3 aromatic rings. The second-order valence-electron chi connectivity index (χ2n) is 11.4. The van der Waals surface area contributed by atoms with E-state index in [0.717, 1.165) is 30.3 Å². The Hall–Kier alpha value is -3.43. The van der Waals surface area contributed by atoms with Gasteiger partial charge in [0.2, 0.25) is 5.91 Å². The number of hydrogen-bond donors (Lipinski definition) is 0. The molecule has 0 aromatic heterocycles. The van der Waals surface area contributed by atoms with Gasteiger partial charge in [-0.25, -0.2) is 13.2 Å². The topological polar surface area (TPSA) is 49.9 Å². The van der Waals surface area contributed by atoms with E-state index in [1.54, 1.807) is 0 Å². The minimum Gasteiger partial charge on any atom is -0.349 e. The molecule has 2 fully saturated rings. The maximum Gasteiger partial charge on any atom is 0.430 e. The van der Waals surface area contributed by atoms with Crippen molar-refractivity contribution in [3.63, 3.8) is 0 Å². The predicted octanol–water partition coefficient (Wildman–Crippen LogP) is 6.44. The summed E-state index contributed by atoms with van der Waals surface area (Å²) >= 11 is 0. The largest absolute Gasteiger partial charge is 0.430 e. The van der Waals surface area contributed by atoms with Gasteiger partial charge in [0.1, 0.15) is 17.5 Å². The Kier molecular flexibility index (Phi) is 9.07. The van der Waals surface area contributed by atoms with Crippen LogP contribution in [-0.4, -0.2) is 65.5 Å². The van der Waals surface area contributed by atoms with Crippen LogP contribution in [0.2, 0.25) is 0 Å². The first-order valence-electron chi connectivity index (χ1n) is 14.0. The molecule has 0 radical (unpaired) electrons. The zero-order chi connectivity index (χ0) is 33.7. The van der Waals surface area contributed by atoms with Crippen molar-refractivity contribution >= 4 is 16.7 Å². The van der Waals surface area contributed by atoms with E-state index in [9.17, 15) is 48.5 Å². The molecular weight excluding hydrogens is 651 g/mol. The highest BCUT2D eigenvalue weighted by Crippen LogP contribution is 2.54. The Balaban J connectivity index is 1.56. The van der Waals surface area contributed by atoms with Crippen LogP contribution in [0.3, 0.4) is 0 Å². The van der Waals surface area contributed by atoms with Crippen molar-refractivity contribution < 1.29 is 53.3 Å². The molecule has 0 saturated carbocycles. The van der Waals surface area contributed by atoms with Crippen LogP contribution in [0.15, 0.2) is 71.6 Å². The van der Waals surface area contributed by atoms with Gasteiger partial charge in [-0.05, 0) is 55.4 Å². The number of halogens is 9. The van der Waals surface area contributed by atoms with Crippen LogP contribution in [0.25, 0.3) is 0 Å². The lowest BCUT2D eigenvalue weighted by Gasteiger charge is -2.38. The fraction of sp³-hybridized carbons (Fsp3) is 0.387. The van der Waals surface area contributed by atoms with Gasteiger partial charge in [0.25, 0.3) is 5.60 Å². The van der Waals surface area contributed by atoms with Crippen LogP contribution in [-0.2, 0) is 37.3 Å². The van der Waals surface area contributed by atoms with Gasteiger partial charge in [-0.2, -0.15) is 26.3 Å². The van der Waals surface area contributed by atoms with Crippen LogP contribution >= 0.6 is 0 Å². The SMILES string of the molecule is CN1CC(C(=O)N2CCC(c3ccc(C(OCc4c(F)cccc4F)(C(F)(F)F)C(F)(F)F)cc3)(S(=O)c3ccc(F)cc3)C2)C1. The lowest BCUT2D eigenvalue weighted by molar-refractivity contribution is -0.392. The van der Waals surface area contributed by atoms with E-state index in [1.807, 2.05) is 11.9 Å². The van der Waals surface area contributed by atoms with Gasteiger partial charge in [0.05, 0.1) is 28.1 Å². The minimum absolute atomic E-state index is 0.0391. The average Bonchev–Trinajstić information content (AvgIpc) is 3.42. The van der Waals surface area contributed by atoms with E-state index in [1.165, 1.54) is 17.0 Å². The molecule has 2 atom stereocenters. The first-order chi connectivity index (χ1) is 21.5. The Morgan fingerprint density at radius 1 is 0.891 bits per heavy atom. The van der Waals surface area contributed by atoms with E-state index in [-0.39, 0.29) is 41.8 Å². The van der Waals surface area contributed by atoms with Gasteiger partial charge in [-0.3, -0.25) is 9.00 Å². The fourth-order valence-electron chi connectivity index (χ4n) is 5.96. The molecule has 0 N–H and O–H groups in total. The number of hydrogen-bond acceptors (Lipinski definition) is 4. The van der Waals surface area contributed by atoms with E-state index in [4.69, 9.17) is 0 Å². The summed E-state index contributed by atoms with van der Waals surface area (Å²) in [7, 11) is -0.222. The molecule has 2 unspecified atom stereocenters. The van der Waals surface area contributed by atoms with Gasteiger partial charge in [0, 0.05) is 42.2 Å². The molecule has 0 spiro atoms. The van der Waals surface area contributed by atoms with Gasteiger partial charge in [-0.1, -0.05) is 30.3 Å². The lowest BCUT2D eigenvalue weighted by atomic mass is 9.88. The quantitative estimate of drug-likeness (QED) is 0.258. The Labute approximate surface area is 260 Å². The minimum atomic E-state index is -6.14. The van der Waals surface area contributed by atoms with E-state index in [2.05, 4.69) is 4.74 Å². The second-order valence-corrected chi connectivity index (χ2v) is 13.2. The maximum absolute atomic E-state index is 14.4. The molecule has 2 saturated heterocycles. The molecule has 0 bridgehead atoms. The number of nitrogens with zero attached hydrogens (tertiary/aromatic N) is 2. The number of carbonyl (C=O) groups is 1. The normalized spacial score (nSPS) is 20.5. The van der Waals surface area contributed by atoms with E-state index in [0.29, 0.717) is 37.4 Å². The fourth-order valence-corrected chi connectivity index (χ4v) is 7.69. The summed E-state index contributed by atoms with van der Waals surface area (Å²) in [5.41, 5.74) is -7.48. The van der Waals surface area contributed by atoms with Crippen LogP contribution in [0.4, 0.5) is 39.5 Å². The molecule has 5 rings (SSSR count). The molecule has 15 heteroatoms. The number of amides is 1. The smallest absolute Gasteiger partial charge is 0.349 e. The Bertz CT molecular complexity index is 1570. The number of benzene rings is 3. The van der Waals surface area contributed by atoms with Crippen molar-refractivity contribution in [1.82, 2.24) is 9.80 Å².